The lowest BCUT2D eigenvalue weighted by Gasteiger charge is -2.21. The third-order valence-electron chi connectivity index (χ3n) is 4.53. The van der Waals surface area contributed by atoms with Crippen molar-refractivity contribution in [3.8, 4) is 11.1 Å². The quantitative estimate of drug-likeness (QED) is 0.858. The highest BCUT2D eigenvalue weighted by Crippen LogP contribution is 2.25. The van der Waals surface area contributed by atoms with E-state index in [0.717, 1.165) is 16.7 Å². The van der Waals surface area contributed by atoms with Crippen molar-refractivity contribution in [1.82, 2.24) is 4.90 Å². The van der Waals surface area contributed by atoms with E-state index in [4.69, 9.17) is 4.84 Å². The van der Waals surface area contributed by atoms with E-state index in [-0.39, 0.29) is 5.91 Å². The van der Waals surface area contributed by atoms with E-state index in [9.17, 15) is 14.7 Å². The SMILES string of the molecule is CON=C1CCN(C(=O)c2ccc(-c3ccccc3C)cc2)C1C(=O)O. The van der Waals surface area contributed by atoms with Crippen LogP contribution >= 0.6 is 0 Å². The Morgan fingerprint density at radius 1 is 1.15 bits per heavy atom. The number of aryl methyl sites for hydroxylation is 1. The summed E-state index contributed by atoms with van der Waals surface area (Å²) in [5.74, 6) is -1.43. The van der Waals surface area contributed by atoms with E-state index in [1.165, 1.54) is 12.0 Å². The summed E-state index contributed by atoms with van der Waals surface area (Å²) in [6.07, 6.45) is 0.387. The van der Waals surface area contributed by atoms with E-state index < -0.39 is 12.0 Å². The van der Waals surface area contributed by atoms with Gasteiger partial charge < -0.3 is 14.8 Å². The Kier molecular flexibility index (Phi) is 5.02. The third-order valence-corrected chi connectivity index (χ3v) is 4.53. The fourth-order valence-corrected chi connectivity index (χ4v) is 3.24. The van der Waals surface area contributed by atoms with Gasteiger partial charge in [0.15, 0.2) is 6.04 Å². The molecule has 2 aromatic carbocycles. The Bertz CT molecular complexity index is 858. The molecule has 1 fully saturated rings. The first-order valence-corrected chi connectivity index (χ1v) is 8.32. The molecule has 3 rings (SSSR count). The summed E-state index contributed by atoms with van der Waals surface area (Å²) in [6.45, 7) is 2.34. The Hall–Kier alpha value is -3.15. The molecule has 1 aliphatic rings. The molecule has 134 valence electrons. The van der Waals surface area contributed by atoms with E-state index in [0.29, 0.717) is 24.2 Å². The molecule has 0 radical (unpaired) electrons. The van der Waals surface area contributed by atoms with Crippen molar-refractivity contribution in [3.05, 3.63) is 59.7 Å². The minimum Gasteiger partial charge on any atom is -0.479 e. The number of carbonyl (C=O) groups is 2. The predicted molar refractivity (Wildman–Crippen MR) is 98.1 cm³/mol. The van der Waals surface area contributed by atoms with Crippen LogP contribution in [-0.4, -0.2) is 47.3 Å². The van der Waals surface area contributed by atoms with Crippen molar-refractivity contribution in [2.75, 3.05) is 13.7 Å². The number of nitrogens with zero attached hydrogens (tertiary/aromatic N) is 2. The van der Waals surface area contributed by atoms with Gasteiger partial charge in [0.25, 0.3) is 5.91 Å². The third kappa shape index (κ3) is 3.31. The van der Waals surface area contributed by atoms with Gasteiger partial charge in [-0.15, -0.1) is 0 Å². The molecule has 2 aromatic rings. The first kappa shape index (κ1) is 17.7. The van der Waals surface area contributed by atoms with Gasteiger partial charge in [0.05, 0.1) is 5.71 Å². The second-order valence-electron chi connectivity index (χ2n) is 6.15. The second kappa shape index (κ2) is 7.39. The summed E-state index contributed by atoms with van der Waals surface area (Å²) >= 11 is 0. The number of benzene rings is 2. The normalized spacial score (nSPS) is 18.2. The summed E-state index contributed by atoms with van der Waals surface area (Å²) in [5.41, 5.74) is 4.07. The van der Waals surface area contributed by atoms with E-state index in [1.807, 2.05) is 43.3 Å². The lowest BCUT2D eigenvalue weighted by molar-refractivity contribution is -0.139. The van der Waals surface area contributed by atoms with Crippen molar-refractivity contribution in [3.63, 3.8) is 0 Å². The summed E-state index contributed by atoms with van der Waals surface area (Å²) < 4.78 is 0. The summed E-state index contributed by atoms with van der Waals surface area (Å²) in [4.78, 5) is 30.4. The molecule has 0 bridgehead atoms. The molecular formula is C20H20N2O4. The fraction of sp³-hybridized carbons (Fsp3) is 0.250. The highest BCUT2D eigenvalue weighted by Gasteiger charge is 2.40. The van der Waals surface area contributed by atoms with Crippen LogP contribution in [-0.2, 0) is 9.63 Å². The van der Waals surface area contributed by atoms with Crippen LogP contribution < -0.4 is 0 Å². The molecule has 1 N–H and O–H groups in total. The van der Waals surface area contributed by atoms with Crippen molar-refractivity contribution in [2.45, 2.75) is 19.4 Å². The molecule has 1 amide bonds. The van der Waals surface area contributed by atoms with Crippen molar-refractivity contribution < 1.29 is 19.5 Å². The number of oxime groups is 1. The Morgan fingerprint density at radius 2 is 1.85 bits per heavy atom. The molecular weight excluding hydrogens is 332 g/mol. The molecule has 26 heavy (non-hydrogen) atoms. The molecule has 6 nitrogen and oxygen atoms in total. The molecule has 1 saturated heterocycles. The largest absolute Gasteiger partial charge is 0.479 e. The zero-order valence-corrected chi connectivity index (χ0v) is 14.7. The standard InChI is InChI=1S/C20H20N2O4/c1-13-5-3-4-6-16(13)14-7-9-15(10-8-14)19(23)22-12-11-17(21-26-2)18(22)20(24)25/h3-10,18H,11-12H2,1-2H3,(H,24,25). The maximum Gasteiger partial charge on any atom is 0.332 e. The van der Waals surface area contributed by atoms with Crippen LogP contribution in [0.4, 0.5) is 0 Å². The lowest BCUT2D eigenvalue weighted by atomic mass is 9.99. The first-order valence-electron chi connectivity index (χ1n) is 8.32. The molecule has 1 unspecified atom stereocenters. The molecule has 0 aliphatic carbocycles. The highest BCUT2D eigenvalue weighted by molar-refractivity contribution is 6.11. The Labute approximate surface area is 151 Å². The smallest absolute Gasteiger partial charge is 0.332 e. The summed E-state index contributed by atoms with van der Waals surface area (Å²) in [5, 5.41) is 13.2. The van der Waals surface area contributed by atoms with Crippen LogP contribution in [0.15, 0.2) is 53.7 Å². The maximum absolute atomic E-state index is 12.8. The van der Waals surface area contributed by atoms with Crippen molar-refractivity contribution in [1.29, 1.82) is 0 Å². The average molecular weight is 352 g/mol. The minimum absolute atomic E-state index is 0.303. The summed E-state index contributed by atoms with van der Waals surface area (Å²) in [6, 6.07) is 14.2. The maximum atomic E-state index is 12.8. The van der Waals surface area contributed by atoms with Gasteiger partial charge in [-0.2, -0.15) is 0 Å². The number of likely N-dealkylation sites (tertiary alicyclic amines) is 1. The van der Waals surface area contributed by atoms with Gasteiger partial charge in [0, 0.05) is 18.5 Å². The van der Waals surface area contributed by atoms with Crippen LogP contribution in [0.2, 0.25) is 0 Å². The molecule has 6 heteroatoms. The van der Waals surface area contributed by atoms with Crippen molar-refractivity contribution >= 4 is 17.6 Å². The number of carboxylic acids is 1. The number of carbonyl (C=O) groups excluding carboxylic acids is 1. The second-order valence-corrected chi connectivity index (χ2v) is 6.15. The van der Waals surface area contributed by atoms with Crippen molar-refractivity contribution in [2.24, 2.45) is 5.16 Å². The zero-order valence-electron chi connectivity index (χ0n) is 14.7. The number of hydrogen-bond donors (Lipinski definition) is 1. The fourth-order valence-electron chi connectivity index (χ4n) is 3.24. The van der Waals surface area contributed by atoms with Gasteiger partial charge in [-0.1, -0.05) is 41.6 Å². The molecule has 0 spiro atoms. The monoisotopic (exact) mass is 352 g/mol. The molecule has 1 atom stereocenters. The van der Waals surface area contributed by atoms with Crippen LogP contribution in [0.3, 0.4) is 0 Å². The van der Waals surface area contributed by atoms with Gasteiger partial charge in [0.2, 0.25) is 0 Å². The van der Waals surface area contributed by atoms with Crippen LogP contribution in [0, 0.1) is 6.92 Å². The first-order chi connectivity index (χ1) is 12.5. The number of carboxylic acid groups (broad SMARTS) is 1. The van der Waals surface area contributed by atoms with E-state index >= 15 is 0 Å². The van der Waals surface area contributed by atoms with E-state index in [2.05, 4.69) is 5.16 Å². The topological polar surface area (TPSA) is 79.2 Å². The Balaban J connectivity index is 1.85. The number of hydrogen-bond acceptors (Lipinski definition) is 4. The van der Waals surface area contributed by atoms with E-state index in [1.54, 1.807) is 12.1 Å². The highest BCUT2D eigenvalue weighted by atomic mass is 16.6. The molecule has 1 aliphatic heterocycles. The van der Waals surface area contributed by atoms with Gasteiger partial charge in [-0.05, 0) is 35.7 Å². The molecule has 0 aromatic heterocycles. The lowest BCUT2D eigenvalue weighted by Crippen LogP contribution is -2.43. The van der Waals surface area contributed by atoms with Gasteiger partial charge >= 0.3 is 5.97 Å². The predicted octanol–water partition coefficient (Wildman–Crippen LogP) is 2.96. The zero-order chi connectivity index (χ0) is 18.7. The van der Waals surface area contributed by atoms with Gasteiger partial charge in [0.1, 0.15) is 7.11 Å². The number of aliphatic carboxylic acids is 1. The van der Waals surface area contributed by atoms with Crippen LogP contribution in [0.5, 0.6) is 0 Å². The molecule has 0 saturated carbocycles. The van der Waals surface area contributed by atoms with Crippen LogP contribution in [0.25, 0.3) is 11.1 Å². The van der Waals surface area contributed by atoms with Gasteiger partial charge in [-0.25, -0.2) is 4.79 Å². The van der Waals surface area contributed by atoms with Crippen LogP contribution in [0.1, 0.15) is 22.3 Å². The number of rotatable bonds is 4. The van der Waals surface area contributed by atoms with Gasteiger partial charge in [-0.3, -0.25) is 4.79 Å². The summed E-state index contributed by atoms with van der Waals surface area (Å²) in [7, 11) is 1.36. The molecule has 1 heterocycles. The number of amides is 1. The average Bonchev–Trinajstić information content (AvgIpc) is 3.06. The Morgan fingerprint density at radius 3 is 2.46 bits per heavy atom. The minimum atomic E-state index is -1.11.